The maximum Gasteiger partial charge on any atom is 0.231 e. The maximum atomic E-state index is 12.2. The van der Waals surface area contributed by atoms with Gasteiger partial charge in [-0.2, -0.15) is 0 Å². The monoisotopic (exact) mass is 284 g/mol. The summed E-state index contributed by atoms with van der Waals surface area (Å²) in [5.74, 6) is -0.245. The molecule has 0 heterocycles. The lowest BCUT2D eigenvalue weighted by molar-refractivity contribution is -0.117. The van der Waals surface area contributed by atoms with Gasteiger partial charge in [-0.3, -0.25) is 4.79 Å². The summed E-state index contributed by atoms with van der Waals surface area (Å²) in [6, 6.07) is 16.9. The number of hydrogen-bond donors (Lipinski definition) is 2. The summed E-state index contributed by atoms with van der Waals surface area (Å²) in [5, 5.41) is 2.88. The fourth-order valence-corrected chi connectivity index (χ4v) is 2.00. The van der Waals surface area contributed by atoms with Crippen LogP contribution in [0.25, 0.3) is 0 Å². The van der Waals surface area contributed by atoms with E-state index in [1.807, 2.05) is 37.3 Å². The molecule has 0 saturated heterocycles. The Labute approximate surface area is 123 Å². The van der Waals surface area contributed by atoms with Gasteiger partial charge >= 0.3 is 0 Å². The number of amides is 1. The Morgan fingerprint density at radius 2 is 1.70 bits per heavy atom. The average Bonchev–Trinajstić information content (AvgIpc) is 2.48. The highest BCUT2D eigenvalue weighted by Crippen LogP contribution is 2.18. The second-order valence-corrected chi connectivity index (χ2v) is 5.00. The third-order valence-corrected chi connectivity index (χ3v) is 3.37. The fraction of sp³-hybridized carbons (Fsp3) is 0.125. The van der Waals surface area contributed by atoms with Gasteiger partial charge in [-0.15, -0.1) is 0 Å². The molecule has 20 heavy (non-hydrogen) atoms. The zero-order valence-electron chi connectivity index (χ0n) is 11.2. The maximum absolute atomic E-state index is 12.2. The molecule has 0 aromatic heterocycles. The molecule has 2 aromatic carbocycles. The van der Waals surface area contributed by atoms with Crippen molar-refractivity contribution in [3.8, 4) is 0 Å². The van der Waals surface area contributed by atoms with Crippen molar-refractivity contribution in [2.24, 2.45) is 5.73 Å². The number of nitrogens with one attached hydrogen (secondary N) is 1. The Bertz CT molecular complexity index is 608. The lowest BCUT2D eigenvalue weighted by Crippen LogP contribution is -2.19. The highest BCUT2D eigenvalue weighted by molar-refractivity contribution is 7.80. The number of rotatable bonds is 4. The molecule has 1 amide bonds. The SMILES string of the molecule is CC(C(=O)Nc1ccc(C(N)=S)cc1)c1ccccc1. The van der Waals surface area contributed by atoms with Crippen LogP contribution in [0.1, 0.15) is 24.0 Å². The van der Waals surface area contributed by atoms with Gasteiger partial charge in [0.15, 0.2) is 0 Å². The topological polar surface area (TPSA) is 55.1 Å². The summed E-state index contributed by atoms with van der Waals surface area (Å²) in [4.78, 5) is 12.5. The van der Waals surface area contributed by atoms with Gasteiger partial charge in [-0.05, 0) is 36.8 Å². The van der Waals surface area contributed by atoms with Crippen molar-refractivity contribution >= 4 is 28.8 Å². The van der Waals surface area contributed by atoms with Gasteiger partial charge in [0, 0.05) is 11.3 Å². The Morgan fingerprint density at radius 1 is 1.10 bits per heavy atom. The standard InChI is InChI=1S/C16H16N2OS/c1-11(12-5-3-2-4-6-12)16(19)18-14-9-7-13(8-10-14)15(17)20/h2-11H,1H3,(H2,17,20)(H,18,19). The van der Waals surface area contributed by atoms with Crippen molar-refractivity contribution in [3.63, 3.8) is 0 Å². The molecule has 0 aliphatic carbocycles. The van der Waals surface area contributed by atoms with Crippen LogP contribution in [0.5, 0.6) is 0 Å². The van der Waals surface area contributed by atoms with Crippen LogP contribution in [-0.2, 0) is 4.79 Å². The van der Waals surface area contributed by atoms with Crippen LogP contribution in [0, 0.1) is 0 Å². The van der Waals surface area contributed by atoms with E-state index in [0.717, 1.165) is 16.8 Å². The van der Waals surface area contributed by atoms with Gasteiger partial charge in [0.1, 0.15) is 4.99 Å². The number of carbonyl (C=O) groups excluding carboxylic acids is 1. The van der Waals surface area contributed by atoms with E-state index in [1.54, 1.807) is 24.3 Å². The molecule has 2 rings (SSSR count). The van der Waals surface area contributed by atoms with E-state index in [9.17, 15) is 4.79 Å². The van der Waals surface area contributed by atoms with E-state index in [-0.39, 0.29) is 11.8 Å². The van der Waals surface area contributed by atoms with Gasteiger partial charge < -0.3 is 11.1 Å². The minimum Gasteiger partial charge on any atom is -0.389 e. The minimum absolute atomic E-state index is 0.0423. The summed E-state index contributed by atoms with van der Waals surface area (Å²) in [5.41, 5.74) is 8.04. The minimum atomic E-state index is -0.202. The molecule has 0 fully saturated rings. The number of thiocarbonyl (C=S) groups is 1. The zero-order chi connectivity index (χ0) is 14.5. The zero-order valence-corrected chi connectivity index (χ0v) is 12.0. The summed E-state index contributed by atoms with van der Waals surface area (Å²) in [6.45, 7) is 1.88. The van der Waals surface area contributed by atoms with Crippen molar-refractivity contribution in [2.45, 2.75) is 12.8 Å². The molecule has 0 saturated carbocycles. The second-order valence-electron chi connectivity index (χ2n) is 4.56. The second kappa shape index (κ2) is 6.30. The number of hydrogen-bond acceptors (Lipinski definition) is 2. The Balaban J connectivity index is 2.06. The molecular weight excluding hydrogens is 268 g/mol. The normalized spacial score (nSPS) is 11.7. The van der Waals surface area contributed by atoms with Gasteiger partial charge in [0.05, 0.1) is 5.92 Å². The first-order valence-electron chi connectivity index (χ1n) is 6.33. The average molecular weight is 284 g/mol. The van der Waals surface area contributed by atoms with Crippen molar-refractivity contribution in [1.82, 2.24) is 0 Å². The van der Waals surface area contributed by atoms with Crippen LogP contribution in [0.2, 0.25) is 0 Å². The molecule has 0 spiro atoms. The molecule has 102 valence electrons. The van der Waals surface area contributed by atoms with Gasteiger partial charge in [-0.25, -0.2) is 0 Å². The van der Waals surface area contributed by atoms with Gasteiger partial charge in [0.2, 0.25) is 5.91 Å². The third-order valence-electron chi connectivity index (χ3n) is 3.13. The number of nitrogens with two attached hydrogens (primary N) is 1. The van der Waals surface area contributed by atoms with E-state index in [1.165, 1.54) is 0 Å². The summed E-state index contributed by atoms with van der Waals surface area (Å²) >= 11 is 4.89. The first-order valence-corrected chi connectivity index (χ1v) is 6.74. The van der Waals surface area contributed by atoms with Crippen LogP contribution < -0.4 is 11.1 Å². The predicted octanol–water partition coefficient (Wildman–Crippen LogP) is 3.06. The molecule has 1 atom stereocenters. The molecule has 0 bridgehead atoms. The Morgan fingerprint density at radius 3 is 2.25 bits per heavy atom. The molecule has 3 nitrogen and oxygen atoms in total. The largest absolute Gasteiger partial charge is 0.389 e. The van der Waals surface area contributed by atoms with Crippen LogP contribution in [0.3, 0.4) is 0 Å². The van der Waals surface area contributed by atoms with Gasteiger partial charge in [0.25, 0.3) is 0 Å². The van der Waals surface area contributed by atoms with Crippen LogP contribution >= 0.6 is 12.2 Å². The summed E-state index contributed by atoms with van der Waals surface area (Å²) in [6.07, 6.45) is 0. The summed E-state index contributed by atoms with van der Waals surface area (Å²) < 4.78 is 0. The first-order chi connectivity index (χ1) is 9.58. The molecule has 1 unspecified atom stereocenters. The van der Waals surface area contributed by atoms with E-state index < -0.39 is 0 Å². The first kappa shape index (κ1) is 14.2. The van der Waals surface area contributed by atoms with Crippen LogP contribution in [0.15, 0.2) is 54.6 Å². The van der Waals surface area contributed by atoms with Crippen molar-refractivity contribution in [3.05, 3.63) is 65.7 Å². The molecular formula is C16H16N2OS. The van der Waals surface area contributed by atoms with E-state index in [4.69, 9.17) is 18.0 Å². The lowest BCUT2D eigenvalue weighted by atomic mass is 10.0. The lowest BCUT2D eigenvalue weighted by Gasteiger charge is -2.12. The van der Waals surface area contributed by atoms with E-state index in [2.05, 4.69) is 5.32 Å². The Kier molecular flexibility index (Phi) is 4.48. The molecule has 3 N–H and O–H groups in total. The molecule has 0 radical (unpaired) electrons. The summed E-state index contributed by atoms with van der Waals surface area (Å²) in [7, 11) is 0. The fourth-order valence-electron chi connectivity index (χ4n) is 1.86. The molecule has 0 aliphatic heterocycles. The van der Waals surface area contributed by atoms with E-state index >= 15 is 0 Å². The van der Waals surface area contributed by atoms with Crippen molar-refractivity contribution in [1.29, 1.82) is 0 Å². The Hall–Kier alpha value is -2.20. The number of anilines is 1. The number of benzene rings is 2. The van der Waals surface area contributed by atoms with E-state index in [0.29, 0.717) is 4.99 Å². The molecule has 0 aliphatic rings. The molecule has 4 heteroatoms. The third kappa shape index (κ3) is 3.42. The quantitative estimate of drug-likeness (QED) is 0.848. The molecule has 2 aromatic rings. The highest BCUT2D eigenvalue weighted by atomic mass is 32.1. The number of carbonyl (C=O) groups is 1. The van der Waals surface area contributed by atoms with Gasteiger partial charge in [-0.1, -0.05) is 42.5 Å². The van der Waals surface area contributed by atoms with Crippen LogP contribution in [0.4, 0.5) is 5.69 Å². The van der Waals surface area contributed by atoms with Crippen LogP contribution in [-0.4, -0.2) is 10.9 Å². The highest BCUT2D eigenvalue weighted by Gasteiger charge is 2.14. The van der Waals surface area contributed by atoms with Crippen molar-refractivity contribution in [2.75, 3.05) is 5.32 Å². The van der Waals surface area contributed by atoms with Crippen molar-refractivity contribution < 1.29 is 4.79 Å². The smallest absolute Gasteiger partial charge is 0.231 e. The predicted molar refractivity (Wildman–Crippen MR) is 85.8 cm³/mol.